The molecule has 4 nitrogen and oxygen atoms in total. The molecule has 2 saturated heterocycles. The van der Waals surface area contributed by atoms with Gasteiger partial charge in [0.1, 0.15) is 0 Å². The van der Waals surface area contributed by atoms with Crippen LogP contribution in [-0.4, -0.2) is 55.0 Å². The van der Waals surface area contributed by atoms with Gasteiger partial charge < -0.3 is 15.1 Å². The van der Waals surface area contributed by atoms with Gasteiger partial charge in [-0.15, -0.1) is 0 Å². The maximum absolute atomic E-state index is 12.3. The zero-order valence-electron chi connectivity index (χ0n) is 14.0. The summed E-state index contributed by atoms with van der Waals surface area (Å²) in [6, 6.07) is 9.95. The van der Waals surface area contributed by atoms with Crippen LogP contribution in [-0.2, 0) is 4.79 Å². The molecule has 2 aliphatic heterocycles. The summed E-state index contributed by atoms with van der Waals surface area (Å²) in [6.45, 7) is 6.05. The Labute approximate surface area is 139 Å². The van der Waals surface area contributed by atoms with Crippen molar-refractivity contribution in [2.24, 2.45) is 5.92 Å². The molecule has 0 saturated carbocycles. The average molecular weight is 315 g/mol. The lowest BCUT2D eigenvalue weighted by atomic mass is 9.95. The number of benzene rings is 1. The smallest absolute Gasteiger partial charge is 0.241 e. The van der Waals surface area contributed by atoms with Gasteiger partial charge in [0, 0.05) is 25.3 Å². The molecule has 2 fully saturated rings. The van der Waals surface area contributed by atoms with Crippen LogP contribution in [0, 0.1) is 5.92 Å². The Kier molecular flexibility index (Phi) is 5.92. The van der Waals surface area contributed by atoms with Crippen LogP contribution in [0.3, 0.4) is 0 Å². The highest BCUT2D eigenvalue weighted by atomic mass is 16.2. The molecule has 1 amide bonds. The lowest BCUT2D eigenvalue weighted by Crippen LogP contribution is -2.44. The summed E-state index contributed by atoms with van der Waals surface area (Å²) in [5.41, 5.74) is 1.01. The van der Waals surface area contributed by atoms with Gasteiger partial charge in [0.15, 0.2) is 0 Å². The van der Waals surface area contributed by atoms with E-state index in [1.807, 2.05) is 35.2 Å². The fraction of sp³-hybridized carbons (Fsp3) is 0.632. The number of nitrogens with zero attached hydrogens (tertiary/aromatic N) is 2. The summed E-state index contributed by atoms with van der Waals surface area (Å²) in [5, 5.41) is 3.22. The molecule has 0 atom stereocenters. The Bertz CT molecular complexity index is 477. The van der Waals surface area contributed by atoms with E-state index in [9.17, 15) is 4.79 Å². The summed E-state index contributed by atoms with van der Waals surface area (Å²) in [4.78, 5) is 17.0. The van der Waals surface area contributed by atoms with Crippen molar-refractivity contribution in [3.8, 4) is 0 Å². The van der Waals surface area contributed by atoms with Crippen molar-refractivity contribution in [2.75, 3.05) is 44.6 Å². The number of amides is 1. The first-order chi connectivity index (χ1) is 11.3. The molecule has 0 unspecified atom stereocenters. The SMILES string of the molecule is O=C(CNc1ccccc1)N1CCC(CN2CCCCC2)CC1. The summed E-state index contributed by atoms with van der Waals surface area (Å²) in [6.07, 6.45) is 6.45. The molecular formula is C19H29N3O. The van der Waals surface area contributed by atoms with E-state index in [0.29, 0.717) is 6.54 Å². The minimum absolute atomic E-state index is 0.227. The molecule has 4 heteroatoms. The van der Waals surface area contributed by atoms with Gasteiger partial charge in [0.05, 0.1) is 6.54 Å². The van der Waals surface area contributed by atoms with E-state index in [-0.39, 0.29) is 5.91 Å². The molecule has 1 aromatic carbocycles. The Hall–Kier alpha value is -1.55. The molecule has 2 aliphatic rings. The van der Waals surface area contributed by atoms with Crippen LogP contribution >= 0.6 is 0 Å². The van der Waals surface area contributed by atoms with Gasteiger partial charge in [-0.05, 0) is 56.8 Å². The number of nitrogens with one attached hydrogen (secondary N) is 1. The number of hydrogen-bond acceptors (Lipinski definition) is 3. The highest BCUT2D eigenvalue weighted by Gasteiger charge is 2.24. The number of rotatable bonds is 5. The first-order valence-electron chi connectivity index (χ1n) is 9.10. The predicted octanol–water partition coefficient (Wildman–Crippen LogP) is 2.82. The van der Waals surface area contributed by atoms with Crippen molar-refractivity contribution in [1.82, 2.24) is 9.80 Å². The van der Waals surface area contributed by atoms with Gasteiger partial charge in [-0.1, -0.05) is 24.6 Å². The second-order valence-electron chi connectivity index (χ2n) is 6.91. The van der Waals surface area contributed by atoms with E-state index < -0.39 is 0 Å². The summed E-state index contributed by atoms with van der Waals surface area (Å²) < 4.78 is 0. The van der Waals surface area contributed by atoms with Crippen LogP contribution in [0.25, 0.3) is 0 Å². The van der Waals surface area contributed by atoms with Crippen LogP contribution < -0.4 is 5.32 Å². The van der Waals surface area contributed by atoms with Gasteiger partial charge in [-0.2, -0.15) is 0 Å². The van der Waals surface area contributed by atoms with E-state index in [1.54, 1.807) is 0 Å². The summed E-state index contributed by atoms with van der Waals surface area (Å²) >= 11 is 0. The van der Waals surface area contributed by atoms with E-state index in [4.69, 9.17) is 0 Å². The molecule has 0 aliphatic carbocycles. The standard InChI is InChI=1S/C19H29N3O/c23-19(15-20-18-7-3-1-4-8-18)22-13-9-17(10-14-22)16-21-11-5-2-6-12-21/h1,3-4,7-8,17,20H,2,5-6,9-16H2. The zero-order chi connectivity index (χ0) is 15.9. The molecular weight excluding hydrogens is 286 g/mol. The van der Waals surface area contributed by atoms with Gasteiger partial charge in [0.25, 0.3) is 0 Å². The van der Waals surface area contributed by atoms with Crippen LogP contribution in [0.5, 0.6) is 0 Å². The van der Waals surface area contributed by atoms with Crippen LogP contribution in [0.15, 0.2) is 30.3 Å². The normalized spacial score (nSPS) is 20.4. The fourth-order valence-electron chi connectivity index (χ4n) is 3.72. The largest absolute Gasteiger partial charge is 0.376 e. The minimum Gasteiger partial charge on any atom is -0.376 e. The first kappa shape index (κ1) is 16.3. The maximum atomic E-state index is 12.3. The molecule has 0 radical (unpaired) electrons. The second kappa shape index (κ2) is 8.34. The molecule has 1 aromatic rings. The van der Waals surface area contributed by atoms with Gasteiger partial charge in [0.2, 0.25) is 5.91 Å². The summed E-state index contributed by atoms with van der Waals surface area (Å²) in [7, 11) is 0. The molecule has 23 heavy (non-hydrogen) atoms. The van der Waals surface area contributed by atoms with E-state index in [1.165, 1.54) is 38.9 Å². The number of likely N-dealkylation sites (tertiary alicyclic amines) is 2. The van der Waals surface area contributed by atoms with Crippen LogP contribution in [0.4, 0.5) is 5.69 Å². The fourth-order valence-corrected chi connectivity index (χ4v) is 3.72. The highest BCUT2D eigenvalue weighted by molar-refractivity contribution is 5.80. The monoisotopic (exact) mass is 315 g/mol. The number of carbonyl (C=O) groups is 1. The lowest BCUT2D eigenvalue weighted by Gasteiger charge is -2.36. The predicted molar refractivity (Wildman–Crippen MR) is 94.5 cm³/mol. The molecule has 0 aromatic heterocycles. The molecule has 0 spiro atoms. The average Bonchev–Trinajstić information content (AvgIpc) is 2.62. The summed E-state index contributed by atoms with van der Waals surface area (Å²) in [5.74, 6) is 1.00. The number of hydrogen-bond donors (Lipinski definition) is 1. The van der Waals surface area contributed by atoms with Gasteiger partial charge in [-0.3, -0.25) is 4.79 Å². The number of anilines is 1. The van der Waals surface area contributed by atoms with Crippen molar-refractivity contribution in [2.45, 2.75) is 32.1 Å². The Balaban J connectivity index is 1.37. The molecule has 1 N–H and O–H groups in total. The number of para-hydroxylation sites is 1. The number of carbonyl (C=O) groups excluding carboxylic acids is 1. The molecule has 126 valence electrons. The van der Waals surface area contributed by atoms with Gasteiger partial charge in [-0.25, -0.2) is 0 Å². The quantitative estimate of drug-likeness (QED) is 0.907. The van der Waals surface area contributed by atoms with Crippen LogP contribution in [0.2, 0.25) is 0 Å². The highest BCUT2D eigenvalue weighted by Crippen LogP contribution is 2.20. The zero-order valence-corrected chi connectivity index (χ0v) is 14.0. The van der Waals surface area contributed by atoms with E-state index in [2.05, 4.69) is 10.2 Å². The van der Waals surface area contributed by atoms with Crippen molar-refractivity contribution >= 4 is 11.6 Å². The van der Waals surface area contributed by atoms with Crippen molar-refractivity contribution < 1.29 is 4.79 Å². The van der Waals surface area contributed by atoms with E-state index >= 15 is 0 Å². The topological polar surface area (TPSA) is 35.6 Å². The third-order valence-corrected chi connectivity index (χ3v) is 5.15. The maximum Gasteiger partial charge on any atom is 0.241 e. The minimum atomic E-state index is 0.227. The van der Waals surface area contributed by atoms with Crippen LogP contribution in [0.1, 0.15) is 32.1 Å². The first-order valence-corrected chi connectivity index (χ1v) is 9.10. The van der Waals surface area contributed by atoms with Crippen molar-refractivity contribution in [1.29, 1.82) is 0 Å². The Morgan fingerprint density at radius 3 is 2.39 bits per heavy atom. The second-order valence-corrected chi connectivity index (χ2v) is 6.91. The third-order valence-electron chi connectivity index (χ3n) is 5.15. The molecule has 2 heterocycles. The third kappa shape index (κ3) is 4.96. The Morgan fingerprint density at radius 1 is 1.00 bits per heavy atom. The lowest BCUT2D eigenvalue weighted by molar-refractivity contribution is -0.130. The van der Waals surface area contributed by atoms with Crippen molar-refractivity contribution in [3.63, 3.8) is 0 Å². The number of piperidine rings is 2. The van der Waals surface area contributed by atoms with Gasteiger partial charge >= 0.3 is 0 Å². The molecule has 3 rings (SSSR count). The molecule has 0 bridgehead atoms. The Morgan fingerprint density at radius 2 is 1.70 bits per heavy atom. The van der Waals surface area contributed by atoms with Crippen molar-refractivity contribution in [3.05, 3.63) is 30.3 Å². The van der Waals surface area contributed by atoms with E-state index in [0.717, 1.165) is 37.5 Å².